The van der Waals surface area contributed by atoms with Crippen molar-refractivity contribution in [2.24, 2.45) is 5.92 Å². The number of piperidine rings is 1. The Kier molecular flexibility index (Phi) is 4.75. The van der Waals surface area contributed by atoms with Crippen molar-refractivity contribution in [3.63, 3.8) is 0 Å². The molecule has 1 saturated heterocycles. The second-order valence-corrected chi connectivity index (χ2v) is 4.92. The molecule has 0 radical (unpaired) electrons. The summed E-state index contributed by atoms with van der Waals surface area (Å²) < 4.78 is 0. The van der Waals surface area contributed by atoms with Crippen molar-refractivity contribution < 1.29 is 0 Å². The highest BCUT2D eigenvalue weighted by Crippen LogP contribution is 2.16. The van der Waals surface area contributed by atoms with Crippen LogP contribution in [0.4, 0.5) is 11.8 Å². The molecule has 5 heteroatoms. The predicted molar refractivity (Wildman–Crippen MR) is 74.9 cm³/mol. The maximum atomic E-state index is 4.42. The minimum atomic E-state index is 0.700. The van der Waals surface area contributed by atoms with Gasteiger partial charge in [0.15, 0.2) is 0 Å². The molecule has 100 valence electrons. The van der Waals surface area contributed by atoms with Crippen LogP contribution in [0.25, 0.3) is 0 Å². The molecule has 0 aromatic carbocycles. The highest BCUT2D eigenvalue weighted by molar-refractivity contribution is 5.39. The van der Waals surface area contributed by atoms with E-state index in [1.807, 2.05) is 13.0 Å². The van der Waals surface area contributed by atoms with Gasteiger partial charge in [0.05, 0.1) is 0 Å². The molecule has 0 amide bonds. The highest BCUT2D eigenvalue weighted by atomic mass is 15.1. The molecule has 1 aromatic heterocycles. The van der Waals surface area contributed by atoms with Crippen LogP contribution in [-0.4, -0.2) is 48.1 Å². The number of rotatable bonds is 5. The standard InChI is InChI=1S/C13H23N5/c1-3-14-13-15-7-4-12(17-13)16-10-11-5-8-18(2)9-6-11/h4,7,11H,3,5-6,8-10H2,1-2H3,(H2,14,15,16,17). The average Bonchev–Trinajstić information content (AvgIpc) is 2.39. The Morgan fingerprint density at radius 1 is 1.33 bits per heavy atom. The van der Waals surface area contributed by atoms with Gasteiger partial charge in [-0.15, -0.1) is 0 Å². The van der Waals surface area contributed by atoms with E-state index in [-0.39, 0.29) is 0 Å². The monoisotopic (exact) mass is 249 g/mol. The lowest BCUT2D eigenvalue weighted by atomic mass is 9.97. The van der Waals surface area contributed by atoms with Crippen LogP contribution in [0, 0.1) is 5.92 Å². The topological polar surface area (TPSA) is 53.1 Å². The van der Waals surface area contributed by atoms with E-state index in [9.17, 15) is 0 Å². The average molecular weight is 249 g/mol. The summed E-state index contributed by atoms with van der Waals surface area (Å²) in [6, 6.07) is 1.93. The van der Waals surface area contributed by atoms with Gasteiger partial charge in [-0.05, 0) is 51.9 Å². The molecule has 0 atom stereocenters. The van der Waals surface area contributed by atoms with Gasteiger partial charge in [-0.3, -0.25) is 0 Å². The number of nitrogens with zero attached hydrogens (tertiary/aromatic N) is 3. The third-order valence-corrected chi connectivity index (χ3v) is 3.40. The number of anilines is 2. The van der Waals surface area contributed by atoms with Crippen LogP contribution in [0.15, 0.2) is 12.3 Å². The maximum Gasteiger partial charge on any atom is 0.224 e. The van der Waals surface area contributed by atoms with E-state index in [2.05, 4.69) is 32.5 Å². The fourth-order valence-electron chi connectivity index (χ4n) is 2.22. The first-order chi connectivity index (χ1) is 8.78. The van der Waals surface area contributed by atoms with Crippen LogP contribution in [0.2, 0.25) is 0 Å². The van der Waals surface area contributed by atoms with Crippen LogP contribution >= 0.6 is 0 Å². The molecule has 0 bridgehead atoms. The third kappa shape index (κ3) is 3.84. The number of likely N-dealkylation sites (tertiary alicyclic amines) is 1. The van der Waals surface area contributed by atoms with Crippen LogP contribution in [0.1, 0.15) is 19.8 Å². The van der Waals surface area contributed by atoms with Gasteiger partial charge in [0.25, 0.3) is 0 Å². The highest BCUT2D eigenvalue weighted by Gasteiger charge is 2.16. The molecule has 1 aliphatic heterocycles. The Bertz CT molecular complexity index is 360. The van der Waals surface area contributed by atoms with Gasteiger partial charge in [0, 0.05) is 19.3 Å². The summed E-state index contributed by atoms with van der Waals surface area (Å²) in [5.41, 5.74) is 0. The Morgan fingerprint density at radius 3 is 2.83 bits per heavy atom. The lowest BCUT2D eigenvalue weighted by molar-refractivity contribution is 0.226. The van der Waals surface area contributed by atoms with Crippen LogP contribution in [0.3, 0.4) is 0 Å². The third-order valence-electron chi connectivity index (χ3n) is 3.40. The van der Waals surface area contributed by atoms with E-state index in [1.54, 1.807) is 6.20 Å². The van der Waals surface area contributed by atoms with Crippen LogP contribution < -0.4 is 10.6 Å². The molecule has 2 rings (SSSR count). The van der Waals surface area contributed by atoms with Crippen molar-refractivity contribution in [1.82, 2.24) is 14.9 Å². The van der Waals surface area contributed by atoms with E-state index >= 15 is 0 Å². The summed E-state index contributed by atoms with van der Waals surface area (Å²) in [6.45, 7) is 6.31. The van der Waals surface area contributed by atoms with Gasteiger partial charge < -0.3 is 15.5 Å². The molecule has 0 spiro atoms. The predicted octanol–water partition coefficient (Wildman–Crippen LogP) is 1.66. The van der Waals surface area contributed by atoms with Crippen molar-refractivity contribution in [3.05, 3.63) is 12.3 Å². The molecule has 2 heterocycles. The Hall–Kier alpha value is -1.36. The summed E-state index contributed by atoms with van der Waals surface area (Å²) in [4.78, 5) is 11.0. The smallest absolute Gasteiger partial charge is 0.224 e. The van der Waals surface area contributed by atoms with E-state index in [0.717, 1.165) is 24.8 Å². The molecule has 5 nitrogen and oxygen atoms in total. The van der Waals surface area contributed by atoms with Gasteiger partial charge in [-0.2, -0.15) is 4.98 Å². The fraction of sp³-hybridized carbons (Fsp3) is 0.692. The van der Waals surface area contributed by atoms with Crippen molar-refractivity contribution in [3.8, 4) is 0 Å². The van der Waals surface area contributed by atoms with E-state index in [4.69, 9.17) is 0 Å². The van der Waals surface area contributed by atoms with E-state index < -0.39 is 0 Å². The quantitative estimate of drug-likeness (QED) is 0.831. The maximum absolute atomic E-state index is 4.42. The lowest BCUT2D eigenvalue weighted by Gasteiger charge is -2.29. The zero-order valence-corrected chi connectivity index (χ0v) is 11.3. The van der Waals surface area contributed by atoms with Gasteiger partial charge in [-0.1, -0.05) is 0 Å². The molecule has 0 saturated carbocycles. The summed E-state index contributed by atoms with van der Waals surface area (Å²) >= 11 is 0. The molecule has 18 heavy (non-hydrogen) atoms. The first-order valence-corrected chi connectivity index (χ1v) is 6.77. The Morgan fingerprint density at radius 2 is 2.11 bits per heavy atom. The largest absolute Gasteiger partial charge is 0.370 e. The van der Waals surface area contributed by atoms with Gasteiger partial charge in [-0.25, -0.2) is 4.98 Å². The molecule has 1 aliphatic rings. The Labute approximate surface area is 109 Å². The van der Waals surface area contributed by atoms with Crippen LogP contribution in [0.5, 0.6) is 0 Å². The zero-order valence-electron chi connectivity index (χ0n) is 11.3. The summed E-state index contributed by atoms with van der Waals surface area (Å²) in [5.74, 6) is 2.38. The molecule has 0 aliphatic carbocycles. The normalized spacial score (nSPS) is 17.7. The second-order valence-electron chi connectivity index (χ2n) is 4.92. The summed E-state index contributed by atoms with van der Waals surface area (Å²) in [6.07, 6.45) is 4.34. The molecule has 1 fully saturated rings. The van der Waals surface area contributed by atoms with Crippen molar-refractivity contribution >= 4 is 11.8 Å². The van der Waals surface area contributed by atoms with Gasteiger partial charge in [0.1, 0.15) is 5.82 Å². The number of hydrogen-bond acceptors (Lipinski definition) is 5. The first kappa shape index (κ1) is 13.1. The fourth-order valence-corrected chi connectivity index (χ4v) is 2.22. The minimum absolute atomic E-state index is 0.700. The summed E-state index contributed by atoms with van der Waals surface area (Å²) in [7, 11) is 2.19. The summed E-state index contributed by atoms with van der Waals surface area (Å²) in [5, 5.41) is 6.54. The second kappa shape index (κ2) is 6.54. The Balaban J connectivity index is 1.80. The molecule has 0 unspecified atom stereocenters. The zero-order chi connectivity index (χ0) is 12.8. The number of hydrogen-bond donors (Lipinski definition) is 2. The number of nitrogens with one attached hydrogen (secondary N) is 2. The first-order valence-electron chi connectivity index (χ1n) is 6.77. The van der Waals surface area contributed by atoms with Gasteiger partial charge >= 0.3 is 0 Å². The van der Waals surface area contributed by atoms with E-state index in [1.165, 1.54) is 25.9 Å². The van der Waals surface area contributed by atoms with Crippen LogP contribution in [-0.2, 0) is 0 Å². The van der Waals surface area contributed by atoms with Crippen molar-refractivity contribution in [2.75, 3.05) is 43.9 Å². The molecule has 1 aromatic rings. The molecular formula is C13H23N5. The van der Waals surface area contributed by atoms with Crippen molar-refractivity contribution in [1.29, 1.82) is 0 Å². The van der Waals surface area contributed by atoms with Crippen molar-refractivity contribution in [2.45, 2.75) is 19.8 Å². The number of aromatic nitrogens is 2. The molecule has 2 N–H and O–H groups in total. The minimum Gasteiger partial charge on any atom is -0.370 e. The molecular weight excluding hydrogens is 226 g/mol. The van der Waals surface area contributed by atoms with Gasteiger partial charge in [0.2, 0.25) is 5.95 Å². The SMILES string of the molecule is CCNc1nccc(NCC2CCN(C)CC2)n1. The lowest BCUT2D eigenvalue weighted by Crippen LogP contribution is -2.33. The van der Waals surface area contributed by atoms with E-state index in [0.29, 0.717) is 5.95 Å².